The van der Waals surface area contributed by atoms with E-state index in [1.807, 2.05) is 0 Å². The number of hydrogen-bond donors (Lipinski definition) is 1. The van der Waals surface area contributed by atoms with Crippen LogP contribution < -0.4 is 5.32 Å². The monoisotopic (exact) mass is 335 g/mol. The highest BCUT2D eigenvalue weighted by Crippen LogP contribution is 2.25. The minimum atomic E-state index is -1.14. The van der Waals surface area contributed by atoms with Gasteiger partial charge in [0.15, 0.2) is 0 Å². The topological polar surface area (TPSA) is 81.7 Å². The fourth-order valence-corrected chi connectivity index (χ4v) is 2.22. The van der Waals surface area contributed by atoms with Crippen LogP contribution in [0.1, 0.15) is 46.2 Å². The summed E-state index contributed by atoms with van der Waals surface area (Å²) in [5, 5.41) is 2.63. The van der Waals surface area contributed by atoms with Crippen molar-refractivity contribution in [1.29, 1.82) is 0 Å². The maximum atomic E-state index is 12.2. The summed E-state index contributed by atoms with van der Waals surface area (Å²) in [6, 6.07) is 7.94. The number of hydrogen-bond acceptors (Lipinski definition) is 5. The van der Waals surface area contributed by atoms with E-state index in [2.05, 4.69) is 5.32 Å². The van der Waals surface area contributed by atoms with Crippen molar-refractivity contribution in [3.8, 4) is 0 Å². The molecule has 0 aromatic heterocycles. The third-order valence-electron chi connectivity index (χ3n) is 3.14. The molecule has 0 fully saturated rings. The zero-order valence-corrected chi connectivity index (χ0v) is 14.8. The number of amides is 1. The number of alkyl carbamates (subject to hydrolysis) is 1. The molecule has 0 aliphatic carbocycles. The van der Waals surface area contributed by atoms with Gasteiger partial charge in [-0.1, -0.05) is 30.3 Å². The molecule has 2 atom stereocenters. The summed E-state index contributed by atoms with van der Waals surface area (Å²) < 4.78 is 10.2. The van der Waals surface area contributed by atoms with E-state index in [4.69, 9.17) is 9.47 Å². The standard InChI is InChI=1S/C18H25NO5/c1-6-23-16(21)14(12(2)20)15(13-10-8-7-9-11-13)19-17(22)24-18(3,4)5/h7-11,14-15H,6H2,1-5H3,(H,19,22)/t14-,15+/m0/s1. The molecule has 6 heteroatoms. The molecule has 1 amide bonds. The number of carbonyl (C=O) groups is 3. The van der Waals surface area contributed by atoms with Crippen LogP contribution in [-0.4, -0.2) is 30.1 Å². The molecule has 0 unspecified atom stereocenters. The lowest BCUT2D eigenvalue weighted by Crippen LogP contribution is -2.42. The summed E-state index contributed by atoms with van der Waals surface area (Å²) in [7, 11) is 0. The number of carbonyl (C=O) groups excluding carboxylic acids is 3. The Labute approximate surface area is 142 Å². The van der Waals surface area contributed by atoms with E-state index in [-0.39, 0.29) is 6.61 Å². The number of Topliss-reactive ketones (excluding diaryl/α,β-unsaturated/α-hetero) is 1. The number of rotatable bonds is 6. The Kier molecular flexibility index (Phi) is 6.95. The third-order valence-corrected chi connectivity index (χ3v) is 3.14. The first-order chi connectivity index (χ1) is 11.2. The number of benzene rings is 1. The highest BCUT2D eigenvalue weighted by atomic mass is 16.6. The Hall–Kier alpha value is -2.37. The van der Waals surface area contributed by atoms with E-state index in [1.165, 1.54) is 6.92 Å². The van der Waals surface area contributed by atoms with Crippen LogP contribution in [0.4, 0.5) is 4.79 Å². The minimum Gasteiger partial charge on any atom is -0.465 e. The first-order valence-corrected chi connectivity index (χ1v) is 7.87. The lowest BCUT2D eigenvalue weighted by atomic mass is 9.90. The molecule has 1 aromatic carbocycles. The first kappa shape index (κ1) is 19.7. The van der Waals surface area contributed by atoms with E-state index >= 15 is 0 Å². The van der Waals surface area contributed by atoms with E-state index in [0.29, 0.717) is 5.56 Å². The van der Waals surface area contributed by atoms with Gasteiger partial charge in [0.05, 0.1) is 12.6 Å². The Bertz CT molecular complexity index is 577. The Morgan fingerprint density at radius 1 is 1.12 bits per heavy atom. The molecule has 0 spiro atoms. The molecule has 0 saturated carbocycles. The van der Waals surface area contributed by atoms with Crippen LogP contribution >= 0.6 is 0 Å². The predicted molar refractivity (Wildman–Crippen MR) is 89.4 cm³/mol. The van der Waals surface area contributed by atoms with Crippen LogP contribution in [0, 0.1) is 5.92 Å². The molecule has 132 valence electrons. The van der Waals surface area contributed by atoms with Crippen molar-refractivity contribution in [2.24, 2.45) is 5.92 Å². The normalized spacial score (nSPS) is 13.5. The highest BCUT2D eigenvalue weighted by molar-refractivity contribution is 5.99. The van der Waals surface area contributed by atoms with Gasteiger partial charge in [0, 0.05) is 0 Å². The summed E-state index contributed by atoms with van der Waals surface area (Å²) >= 11 is 0. The lowest BCUT2D eigenvalue weighted by Gasteiger charge is -2.27. The predicted octanol–water partition coefficient (Wildman–Crippen LogP) is 3.02. The molecule has 0 saturated heterocycles. The van der Waals surface area contributed by atoms with Crippen molar-refractivity contribution >= 4 is 17.8 Å². The number of ketones is 1. The van der Waals surface area contributed by atoms with E-state index < -0.39 is 35.4 Å². The minimum absolute atomic E-state index is 0.149. The molecule has 6 nitrogen and oxygen atoms in total. The summed E-state index contributed by atoms with van der Waals surface area (Å²) in [6.07, 6.45) is -0.702. The van der Waals surface area contributed by atoms with Gasteiger partial charge in [-0.15, -0.1) is 0 Å². The van der Waals surface area contributed by atoms with Crippen molar-refractivity contribution in [3.63, 3.8) is 0 Å². The Morgan fingerprint density at radius 3 is 2.17 bits per heavy atom. The van der Waals surface area contributed by atoms with Gasteiger partial charge >= 0.3 is 12.1 Å². The van der Waals surface area contributed by atoms with Gasteiger partial charge in [-0.25, -0.2) is 4.79 Å². The third kappa shape index (κ3) is 6.02. The maximum absolute atomic E-state index is 12.2. The quantitative estimate of drug-likeness (QED) is 0.638. The van der Waals surface area contributed by atoms with E-state index in [0.717, 1.165) is 0 Å². The Balaban J connectivity index is 3.15. The largest absolute Gasteiger partial charge is 0.465 e. The van der Waals surface area contributed by atoms with Gasteiger partial charge in [-0.3, -0.25) is 9.59 Å². The molecule has 0 heterocycles. The molecule has 0 radical (unpaired) electrons. The van der Waals surface area contributed by atoms with Crippen LogP contribution in [0.3, 0.4) is 0 Å². The summed E-state index contributed by atoms with van der Waals surface area (Å²) in [5.74, 6) is -2.20. The molecular weight excluding hydrogens is 310 g/mol. The van der Waals surface area contributed by atoms with Crippen molar-refractivity contribution in [2.45, 2.75) is 46.3 Å². The smallest absolute Gasteiger partial charge is 0.408 e. The Morgan fingerprint density at radius 2 is 1.71 bits per heavy atom. The van der Waals surface area contributed by atoms with Crippen LogP contribution in [0.2, 0.25) is 0 Å². The first-order valence-electron chi connectivity index (χ1n) is 7.87. The summed E-state index contributed by atoms with van der Waals surface area (Å²) in [4.78, 5) is 36.4. The molecule has 1 rings (SSSR count). The van der Waals surface area contributed by atoms with Crippen LogP contribution in [0.5, 0.6) is 0 Å². The molecule has 24 heavy (non-hydrogen) atoms. The second-order valence-electron chi connectivity index (χ2n) is 6.37. The second kappa shape index (κ2) is 8.47. The molecule has 0 aliphatic rings. The molecular formula is C18H25NO5. The average Bonchev–Trinajstić information content (AvgIpc) is 2.45. The van der Waals surface area contributed by atoms with Crippen molar-refractivity contribution in [2.75, 3.05) is 6.61 Å². The fourth-order valence-electron chi connectivity index (χ4n) is 2.22. The number of nitrogens with one attached hydrogen (secondary N) is 1. The van der Waals surface area contributed by atoms with Crippen LogP contribution in [0.15, 0.2) is 30.3 Å². The van der Waals surface area contributed by atoms with Crippen molar-refractivity contribution in [3.05, 3.63) is 35.9 Å². The van der Waals surface area contributed by atoms with Gasteiger partial charge in [-0.2, -0.15) is 0 Å². The number of ether oxygens (including phenoxy) is 2. The average molecular weight is 335 g/mol. The molecule has 1 N–H and O–H groups in total. The second-order valence-corrected chi connectivity index (χ2v) is 6.37. The van der Waals surface area contributed by atoms with Gasteiger partial charge in [0.2, 0.25) is 0 Å². The van der Waals surface area contributed by atoms with Gasteiger partial charge < -0.3 is 14.8 Å². The number of esters is 1. The molecule has 1 aromatic rings. The van der Waals surface area contributed by atoms with Gasteiger partial charge in [-0.05, 0) is 40.2 Å². The van der Waals surface area contributed by atoms with E-state index in [9.17, 15) is 14.4 Å². The fraction of sp³-hybridized carbons (Fsp3) is 0.500. The van der Waals surface area contributed by atoms with Gasteiger partial charge in [0.1, 0.15) is 17.3 Å². The van der Waals surface area contributed by atoms with Crippen molar-refractivity contribution in [1.82, 2.24) is 5.32 Å². The summed E-state index contributed by atoms with van der Waals surface area (Å²) in [5.41, 5.74) is -0.0716. The SMILES string of the molecule is CCOC(=O)[C@@H](C(C)=O)[C@H](NC(=O)OC(C)(C)C)c1ccccc1. The maximum Gasteiger partial charge on any atom is 0.408 e. The summed E-state index contributed by atoms with van der Waals surface area (Å²) in [6.45, 7) is 8.31. The zero-order valence-electron chi connectivity index (χ0n) is 14.8. The lowest BCUT2D eigenvalue weighted by molar-refractivity contribution is -0.152. The highest BCUT2D eigenvalue weighted by Gasteiger charge is 2.36. The van der Waals surface area contributed by atoms with Crippen molar-refractivity contribution < 1.29 is 23.9 Å². The van der Waals surface area contributed by atoms with Gasteiger partial charge in [0.25, 0.3) is 0 Å². The van der Waals surface area contributed by atoms with Crippen LogP contribution in [0.25, 0.3) is 0 Å². The van der Waals surface area contributed by atoms with E-state index in [1.54, 1.807) is 58.0 Å². The van der Waals surface area contributed by atoms with Crippen LogP contribution in [-0.2, 0) is 19.1 Å². The molecule has 0 bridgehead atoms. The zero-order chi connectivity index (χ0) is 18.3. The molecule has 0 aliphatic heterocycles.